The standard InChI is InChI=1S/C14H17NOS/c1-11(15-9-12-7-8-17-10-12)14(16)13-5-3-2-4-6-13/h2-8,10-11,14-16H,9H2,1H3/p+1/t11-,14-/m1/s1. The Morgan fingerprint density at radius 1 is 1.24 bits per heavy atom. The molecule has 3 N–H and O–H groups in total. The summed E-state index contributed by atoms with van der Waals surface area (Å²) in [5, 5.41) is 16.6. The minimum atomic E-state index is -0.408. The van der Waals surface area contributed by atoms with Gasteiger partial charge in [-0.25, -0.2) is 0 Å². The summed E-state index contributed by atoms with van der Waals surface area (Å²) < 4.78 is 0. The Bertz CT molecular complexity index is 427. The van der Waals surface area contributed by atoms with Gasteiger partial charge < -0.3 is 10.4 Å². The largest absolute Gasteiger partial charge is 0.382 e. The number of quaternary nitrogens is 1. The van der Waals surface area contributed by atoms with E-state index in [0.29, 0.717) is 0 Å². The molecule has 0 spiro atoms. The molecular formula is C14H18NOS+. The summed E-state index contributed by atoms with van der Waals surface area (Å²) in [6.07, 6.45) is -0.408. The Hall–Kier alpha value is -1.16. The van der Waals surface area contributed by atoms with Gasteiger partial charge in [0.15, 0.2) is 0 Å². The van der Waals surface area contributed by atoms with Gasteiger partial charge in [0, 0.05) is 5.56 Å². The van der Waals surface area contributed by atoms with Crippen molar-refractivity contribution in [1.82, 2.24) is 0 Å². The van der Waals surface area contributed by atoms with Crippen molar-refractivity contribution in [2.24, 2.45) is 0 Å². The van der Waals surface area contributed by atoms with Crippen molar-refractivity contribution in [2.75, 3.05) is 0 Å². The van der Waals surface area contributed by atoms with E-state index in [9.17, 15) is 5.11 Å². The molecule has 2 atom stereocenters. The lowest BCUT2D eigenvalue weighted by molar-refractivity contribution is -0.709. The molecular weight excluding hydrogens is 230 g/mol. The lowest BCUT2D eigenvalue weighted by Crippen LogP contribution is -2.88. The first-order valence-electron chi connectivity index (χ1n) is 5.85. The van der Waals surface area contributed by atoms with Gasteiger partial charge in [-0.2, -0.15) is 11.3 Å². The predicted molar refractivity (Wildman–Crippen MR) is 70.8 cm³/mol. The minimum absolute atomic E-state index is 0.164. The number of benzene rings is 1. The normalized spacial score (nSPS) is 14.5. The van der Waals surface area contributed by atoms with Gasteiger partial charge in [0.05, 0.1) is 0 Å². The lowest BCUT2D eigenvalue weighted by atomic mass is 10.0. The van der Waals surface area contributed by atoms with Gasteiger partial charge in [0.2, 0.25) is 0 Å². The molecule has 1 heterocycles. The second-order valence-corrected chi connectivity index (χ2v) is 5.07. The molecule has 17 heavy (non-hydrogen) atoms. The van der Waals surface area contributed by atoms with Crippen LogP contribution in [0.4, 0.5) is 0 Å². The minimum Gasteiger partial charge on any atom is -0.382 e. The molecule has 0 radical (unpaired) electrons. The molecule has 0 amide bonds. The summed E-state index contributed by atoms with van der Waals surface area (Å²) in [4.78, 5) is 0. The fourth-order valence-electron chi connectivity index (χ4n) is 1.81. The average Bonchev–Trinajstić information content (AvgIpc) is 2.89. The summed E-state index contributed by atoms with van der Waals surface area (Å²) in [6.45, 7) is 2.98. The molecule has 1 aromatic heterocycles. The molecule has 2 rings (SSSR count). The van der Waals surface area contributed by atoms with Gasteiger partial charge in [-0.15, -0.1) is 0 Å². The van der Waals surface area contributed by atoms with Crippen LogP contribution in [0, 0.1) is 0 Å². The quantitative estimate of drug-likeness (QED) is 0.833. The van der Waals surface area contributed by atoms with Crippen LogP contribution in [0.25, 0.3) is 0 Å². The van der Waals surface area contributed by atoms with Crippen molar-refractivity contribution in [3.8, 4) is 0 Å². The maximum Gasteiger partial charge on any atom is 0.130 e. The highest BCUT2D eigenvalue weighted by atomic mass is 32.1. The fourth-order valence-corrected chi connectivity index (χ4v) is 2.49. The Morgan fingerprint density at radius 3 is 2.65 bits per heavy atom. The highest BCUT2D eigenvalue weighted by Crippen LogP contribution is 2.14. The van der Waals surface area contributed by atoms with E-state index in [1.807, 2.05) is 30.3 Å². The first-order valence-corrected chi connectivity index (χ1v) is 6.79. The predicted octanol–water partition coefficient (Wildman–Crippen LogP) is 1.93. The third-order valence-electron chi connectivity index (χ3n) is 2.94. The Labute approximate surface area is 106 Å². The topological polar surface area (TPSA) is 36.8 Å². The number of hydrogen-bond acceptors (Lipinski definition) is 2. The van der Waals surface area contributed by atoms with Crippen molar-refractivity contribution >= 4 is 11.3 Å². The highest BCUT2D eigenvalue weighted by Gasteiger charge is 2.18. The summed E-state index contributed by atoms with van der Waals surface area (Å²) in [6, 6.07) is 12.1. The molecule has 0 aliphatic carbocycles. The summed E-state index contributed by atoms with van der Waals surface area (Å²) in [5.74, 6) is 0. The average molecular weight is 248 g/mol. The SMILES string of the molecule is C[C@@H]([NH2+]Cc1ccsc1)[C@@H](O)c1ccccc1. The highest BCUT2D eigenvalue weighted by molar-refractivity contribution is 7.07. The molecule has 2 aromatic rings. The van der Waals surface area contributed by atoms with Gasteiger partial charge in [-0.05, 0) is 29.3 Å². The third-order valence-corrected chi connectivity index (χ3v) is 3.68. The molecule has 90 valence electrons. The first kappa shape index (κ1) is 12.3. The van der Waals surface area contributed by atoms with E-state index in [1.165, 1.54) is 5.56 Å². The van der Waals surface area contributed by atoms with E-state index in [2.05, 4.69) is 29.1 Å². The van der Waals surface area contributed by atoms with Crippen LogP contribution in [0.3, 0.4) is 0 Å². The van der Waals surface area contributed by atoms with Gasteiger partial charge >= 0.3 is 0 Å². The zero-order valence-corrected chi connectivity index (χ0v) is 10.7. The van der Waals surface area contributed by atoms with Crippen LogP contribution in [0.5, 0.6) is 0 Å². The zero-order valence-electron chi connectivity index (χ0n) is 9.91. The van der Waals surface area contributed by atoms with Crippen LogP contribution in [0.1, 0.15) is 24.2 Å². The van der Waals surface area contributed by atoms with E-state index in [0.717, 1.165) is 12.1 Å². The Morgan fingerprint density at radius 2 is 2.00 bits per heavy atom. The van der Waals surface area contributed by atoms with Crippen molar-refractivity contribution in [3.63, 3.8) is 0 Å². The van der Waals surface area contributed by atoms with E-state index in [-0.39, 0.29) is 6.04 Å². The van der Waals surface area contributed by atoms with E-state index in [4.69, 9.17) is 0 Å². The second-order valence-electron chi connectivity index (χ2n) is 4.29. The number of thiophene rings is 1. The summed E-state index contributed by atoms with van der Waals surface area (Å²) >= 11 is 1.71. The molecule has 1 aromatic carbocycles. The molecule has 0 aliphatic heterocycles. The van der Waals surface area contributed by atoms with Gasteiger partial charge in [-0.1, -0.05) is 30.3 Å². The number of rotatable bonds is 5. The van der Waals surface area contributed by atoms with Crippen LogP contribution in [-0.2, 0) is 6.54 Å². The molecule has 3 heteroatoms. The molecule has 0 unspecified atom stereocenters. The summed E-state index contributed by atoms with van der Waals surface area (Å²) in [5.41, 5.74) is 2.31. The summed E-state index contributed by atoms with van der Waals surface area (Å²) in [7, 11) is 0. The number of nitrogens with two attached hydrogens (primary N) is 1. The first-order chi connectivity index (χ1) is 8.27. The fraction of sp³-hybridized carbons (Fsp3) is 0.286. The molecule has 0 fully saturated rings. The molecule has 0 bridgehead atoms. The second kappa shape index (κ2) is 5.96. The maximum absolute atomic E-state index is 10.2. The molecule has 2 nitrogen and oxygen atoms in total. The Kier molecular flexibility index (Phi) is 4.31. The van der Waals surface area contributed by atoms with Crippen molar-refractivity contribution in [1.29, 1.82) is 0 Å². The van der Waals surface area contributed by atoms with E-state index >= 15 is 0 Å². The van der Waals surface area contributed by atoms with Crippen LogP contribution >= 0.6 is 11.3 Å². The van der Waals surface area contributed by atoms with Crippen LogP contribution in [-0.4, -0.2) is 11.1 Å². The van der Waals surface area contributed by atoms with Crippen LogP contribution in [0.2, 0.25) is 0 Å². The maximum atomic E-state index is 10.2. The van der Waals surface area contributed by atoms with Gasteiger partial charge in [0.1, 0.15) is 18.7 Å². The third kappa shape index (κ3) is 3.40. The van der Waals surface area contributed by atoms with E-state index < -0.39 is 6.10 Å². The number of hydrogen-bond donors (Lipinski definition) is 2. The number of aliphatic hydroxyl groups excluding tert-OH is 1. The zero-order chi connectivity index (χ0) is 12.1. The molecule has 0 aliphatic rings. The van der Waals surface area contributed by atoms with Crippen molar-refractivity contribution in [3.05, 3.63) is 58.3 Å². The number of aliphatic hydroxyl groups is 1. The van der Waals surface area contributed by atoms with Crippen molar-refractivity contribution < 1.29 is 10.4 Å². The molecule has 0 saturated carbocycles. The van der Waals surface area contributed by atoms with Crippen molar-refractivity contribution in [2.45, 2.75) is 25.6 Å². The van der Waals surface area contributed by atoms with E-state index in [1.54, 1.807) is 11.3 Å². The smallest absolute Gasteiger partial charge is 0.130 e. The lowest BCUT2D eigenvalue weighted by Gasteiger charge is -2.17. The molecule has 0 saturated heterocycles. The monoisotopic (exact) mass is 248 g/mol. The van der Waals surface area contributed by atoms with Crippen LogP contribution < -0.4 is 5.32 Å². The van der Waals surface area contributed by atoms with Gasteiger partial charge in [0.25, 0.3) is 0 Å². The van der Waals surface area contributed by atoms with Crippen LogP contribution in [0.15, 0.2) is 47.2 Å². The van der Waals surface area contributed by atoms with Gasteiger partial charge in [-0.3, -0.25) is 0 Å². The Balaban J connectivity index is 1.89.